The van der Waals surface area contributed by atoms with Gasteiger partial charge in [0.15, 0.2) is 5.58 Å². The molecule has 2 aromatic rings. The zero-order valence-corrected chi connectivity index (χ0v) is 9.10. The molecule has 3 rings (SSSR count). The van der Waals surface area contributed by atoms with Gasteiger partial charge in [0.05, 0.1) is 0 Å². The standard InChI is InChI=1S/C12H15N3O/c13-9-5-7-15(8-6-9)12-14-10-3-1-2-4-11(10)16-12/h1-4,9H,5-8,13H2. The molecule has 0 spiro atoms. The number of aromatic nitrogens is 1. The Morgan fingerprint density at radius 3 is 2.75 bits per heavy atom. The maximum atomic E-state index is 5.87. The van der Waals surface area contributed by atoms with Crippen LogP contribution in [0.1, 0.15) is 12.8 Å². The van der Waals surface area contributed by atoms with Crippen LogP contribution >= 0.6 is 0 Å². The summed E-state index contributed by atoms with van der Waals surface area (Å²) in [5.74, 6) is 0. The highest BCUT2D eigenvalue weighted by Gasteiger charge is 2.20. The number of piperidine rings is 1. The molecule has 1 fully saturated rings. The average Bonchev–Trinajstić information content (AvgIpc) is 2.73. The summed E-state index contributed by atoms with van der Waals surface area (Å²) < 4.78 is 5.72. The fraction of sp³-hybridized carbons (Fsp3) is 0.417. The van der Waals surface area contributed by atoms with E-state index in [1.54, 1.807) is 0 Å². The van der Waals surface area contributed by atoms with E-state index in [9.17, 15) is 0 Å². The molecule has 0 unspecified atom stereocenters. The molecule has 84 valence electrons. The number of hydrogen-bond acceptors (Lipinski definition) is 4. The zero-order chi connectivity index (χ0) is 11.0. The van der Waals surface area contributed by atoms with E-state index in [4.69, 9.17) is 10.2 Å². The van der Waals surface area contributed by atoms with Gasteiger partial charge in [0, 0.05) is 19.1 Å². The number of nitrogens with zero attached hydrogens (tertiary/aromatic N) is 2. The molecule has 1 aromatic heterocycles. The first kappa shape index (κ1) is 9.66. The van der Waals surface area contributed by atoms with E-state index in [0.717, 1.165) is 43.0 Å². The van der Waals surface area contributed by atoms with Crippen molar-refractivity contribution in [3.63, 3.8) is 0 Å². The summed E-state index contributed by atoms with van der Waals surface area (Å²) in [5, 5.41) is 0. The number of rotatable bonds is 1. The average molecular weight is 217 g/mol. The van der Waals surface area contributed by atoms with E-state index in [-0.39, 0.29) is 0 Å². The molecule has 4 heteroatoms. The highest BCUT2D eigenvalue weighted by atomic mass is 16.4. The number of nitrogens with two attached hydrogens (primary N) is 1. The van der Waals surface area contributed by atoms with Crippen molar-refractivity contribution in [1.29, 1.82) is 0 Å². The monoisotopic (exact) mass is 217 g/mol. The molecule has 2 heterocycles. The Balaban J connectivity index is 1.88. The predicted octanol–water partition coefficient (Wildman–Crippen LogP) is 1.76. The van der Waals surface area contributed by atoms with Crippen molar-refractivity contribution in [3.05, 3.63) is 24.3 Å². The predicted molar refractivity (Wildman–Crippen MR) is 63.4 cm³/mol. The minimum absolute atomic E-state index is 0.334. The quantitative estimate of drug-likeness (QED) is 0.790. The molecule has 1 saturated heterocycles. The zero-order valence-electron chi connectivity index (χ0n) is 9.10. The van der Waals surface area contributed by atoms with Crippen molar-refractivity contribution in [2.75, 3.05) is 18.0 Å². The highest BCUT2D eigenvalue weighted by molar-refractivity contribution is 5.74. The fourth-order valence-electron chi connectivity index (χ4n) is 2.09. The van der Waals surface area contributed by atoms with Gasteiger partial charge in [-0.2, -0.15) is 4.98 Å². The molecule has 1 aliphatic rings. The Bertz CT molecular complexity index is 453. The molecular weight excluding hydrogens is 202 g/mol. The molecule has 2 N–H and O–H groups in total. The normalized spacial score (nSPS) is 18.2. The smallest absolute Gasteiger partial charge is 0.298 e. The first-order chi connectivity index (χ1) is 7.83. The summed E-state index contributed by atoms with van der Waals surface area (Å²) in [5.41, 5.74) is 7.65. The van der Waals surface area contributed by atoms with Crippen LogP contribution in [0.25, 0.3) is 11.1 Å². The van der Waals surface area contributed by atoms with E-state index < -0.39 is 0 Å². The van der Waals surface area contributed by atoms with Gasteiger partial charge in [-0.1, -0.05) is 12.1 Å². The summed E-state index contributed by atoms with van der Waals surface area (Å²) in [4.78, 5) is 6.65. The lowest BCUT2D eigenvalue weighted by Crippen LogP contribution is -2.39. The molecule has 0 saturated carbocycles. The van der Waals surface area contributed by atoms with Crippen LogP contribution in [-0.4, -0.2) is 24.1 Å². The van der Waals surface area contributed by atoms with E-state index in [1.807, 2.05) is 24.3 Å². The van der Waals surface area contributed by atoms with E-state index >= 15 is 0 Å². The number of fused-ring (bicyclic) bond motifs is 1. The molecule has 1 aromatic carbocycles. The number of para-hydroxylation sites is 2. The van der Waals surface area contributed by atoms with Crippen LogP contribution < -0.4 is 10.6 Å². The first-order valence-corrected chi connectivity index (χ1v) is 5.69. The summed E-state index contributed by atoms with van der Waals surface area (Å²) in [6.45, 7) is 1.88. The Labute approximate surface area is 94.0 Å². The van der Waals surface area contributed by atoms with E-state index in [0.29, 0.717) is 6.04 Å². The Kier molecular flexibility index (Phi) is 2.29. The largest absolute Gasteiger partial charge is 0.423 e. The number of hydrogen-bond donors (Lipinski definition) is 1. The third kappa shape index (κ3) is 1.65. The topological polar surface area (TPSA) is 55.3 Å². The lowest BCUT2D eigenvalue weighted by atomic mass is 10.1. The van der Waals surface area contributed by atoms with Gasteiger partial charge < -0.3 is 15.1 Å². The Hall–Kier alpha value is -1.55. The highest BCUT2D eigenvalue weighted by Crippen LogP contribution is 2.23. The molecule has 4 nitrogen and oxygen atoms in total. The van der Waals surface area contributed by atoms with Crippen molar-refractivity contribution >= 4 is 17.1 Å². The van der Waals surface area contributed by atoms with Crippen LogP contribution in [0.4, 0.5) is 6.01 Å². The van der Waals surface area contributed by atoms with E-state index in [2.05, 4.69) is 9.88 Å². The lowest BCUT2D eigenvalue weighted by Gasteiger charge is -2.28. The molecular formula is C12H15N3O. The van der Waals surface area contributed by atoms with Gasteiger partial charge in [0.2, 0.25) is 0 Å². The molecule has 0 atom stereocenters. The molecule has 16 heavy (non-hydrogen) atoms. The van der Waals surface area contributed by atoms with Gasteiger partial charge in [0.1, 0.15) is 5.52 Å². The van der Waals surface area contributed by atoms with Crippen molar-refractivity contribution in [3.8, 4) is 0 Å². The second-order valence-corrected chi connectivity index (χ2v) is 4.29. The summed E-state index contributed by atoms with van der Waals surface area (Å²) in [7, 11) is 0. The van der Waals surface area contributed by atoms with Gasteiger partial charge >= 0.3 is 0 Å². The number of anilines is 1. The Morgan fingerprint density at radius 2 is 2.00 bits per heavy atom. The lowest BCUT2D eigenvalue weighted by molar-refractivity contribution is 0.466. The van der Waals surface area contributed by atoms with Gasteiger partial charge in [0.25, 0.3) is 6.01 Å². The van der Waals surface area contributed by atoms with Crippen molar-refractivity contribution < 1.29 is 4.42 Å². The van der Waals surface area contributed by atoms with Crippen LogP contribution in [0.2, 0.25) is 0 Å². The summed E-state index contributed by atoms with van der Waals surface area (Å²) >= 11 is 0. The molecule has 0 amide bonds. The number of oxazole rings is 1. The van der Waals surface area contributed by atoms with Crippen LogP contribution in [0.15, 0.2) is 28.7 Å². The summed E-state index contributed by atoms with van der Waals surface area (Å²) in [6.07, 6.45) is 2.03. The van der Waals surface area contributed by atoms with E-state index in [1.165, 1.54) is 0 Å². The fourth-order valence-corrected chi connectivity index (χ4v) is 2.09. The van der Waals surface area contributed by atoms with Gasteiger partial charge in [-0.15, -0.1) is 0 Å². The number of benzene rings is 1. The maximum Gasteiger partial charge on any atom is 0.298 e. The Morgan fingerprint density at radius 1 is 1.25 bits per heavy atom. The minimum atomic E-state index is 0.334. The van der Waals surface area contributed by atoms with Crippen LogP contribution in [0, 0.1) is 0 Å². The van der Waals surface area contributed by atoms with Crippen LogP contribution in [-0.2, 0) is 0 Å². The second kappa shape index (κ2) is 3.79. The van der Waals surface area contributed by atoms with Crippen molar-refractivity contribution in [2.45, 2.75) is 18.9 Å². The van der Waals surface area contributed by atoms with Crippen LogP contribution in [0.3, 0.4) is 0 Å². The maximum absolute atomic E-state index is 5.87. The molecule has 0 aliphatic carbocycles. The van der Waals surface area contributed by atoms with Crippen molar-refractivity contribution in [1.82, 2.24) is 4.98 Å². The van der Waals surface area contributed by atoms with Gasteiger partial charge in [-0.25, -0.2) is 0 Å². The third-order valence-electron chi connectivity index (χ3n) is 3.09. The first-order valence-electron chi connectivity index (χ1n) is 5.69. The molecule has 1 aliphatic heterocycles. The van der Waals surface area contributed by atoms with Gasteiger partial charge in [-0.3, -0.25) is 0 Å². The molecule has 0 bridgehead atoms. The minimum Gasteiger partial charge on any atom is -0.423 e. The second-order valence-electron chi connectivity index (χ2n) is 4.29. The van der Waals surface area contributed by atoms with Crippen molar-refractivity contribution in [2.24, 2.45) is 5.73 Å². The summed E-state index contributed by atoms with van der Waals surface area (Å²) in [6, 6.07) is 8.91. The van der Waals surface area contributed by atoms with Gasteiger partial charge in [-0.05, 0) is 25.0 Å². The molecule has 0 radical (unpaired) electrons. The third-order valence-corrected chi connectivity index (χ3v) is 3.09. The SMILES string of the molecule is NC1CCN(c2nc3ccccc3o2)CC1. The van der Waals surface area contributed by atoms with Crippen LogP contribution in [0.5, 0.6) is 0 Å².